The fraction of sp³-hybridized carbons (Fsp3) is 0.208. The quantitative estimate of drug-likeness (QED) is 0.648. The van der Waals surface area contributed by atoms with E-state index in [2.05, 4.69) is 53.8 Å². The molecule has 150 valence electrons. The van der Waals surface area contributed by atoms with E-state index in [1.807, 2.05) is 24.3 Å². The van der Waals surface area contributed by atoms with Gasteiger partial charge in [0.1, 0.15) is 5.84 Å². The molecule has 0 bridgehead atoms. The van der Waals surface area contributed by atoms with E-state index in [-0.39, 0.29) is 18.4 Å². The molecule has 3 aromatic rings. The van der Waals surface area contributed by atoms with Crippen molar-refractivity contribution in [2.24, 2.45) is 4.99 Å². The van der Waals surface area contributed by atoms with Gasteiger partial charge in [-0.2, -0.15) is 0 Å². The number of fused-ring (bicyclic) bond motifs is 1. The summed E-state index contributed by atoms with van der Waals surface area (Å²) >= 11 is 0. The molecular weight excluding hydrogens is 384 g/mol. The third-order valence-corrected chi connectivity index (χ3v) is 5.05. The third kappa shape index (κ3) is 4.54. The van der Waals surface area contributed by atoms with Crippen LogP contribution in [0.1, 0.15) is 28.3 Å². The van der Waals surface area contributed by atoms with Crippen LogP contribution < -0.4 is 14.8 Å². The largest absolute Gasteiger partial charge is 0.493 e. The number of hydrogen-bond donors (Lipinski definition) is 1. The minimum atomic E-state index is 0. The second-order valence-corrected chi connectivity index (χ2v) is 6.82. The zero-order valence-corrected chi connectivity index (χ0v) is 17.4. The average molecular weight is 409 g/mol. The first kappa shape index (κ1) is 20.7. The molecule has 0 saturated carbocycles. The minimum absolute atomic E-state index is 0. The fourth-order valence-electron chi connectivity index (χ4n) is 3.61. The maximum atomic E-state index is 5.54. The highest BCUT2D eigenvalue weighted by Gasteiger charge is 2.26. The Balaban J connectivity index is 0.00000240. The topological polar surface area (TPSA) is 42.9 Å². The molecule has 5 heteroatoms. The van der Waals surface area contributed by atoms with E-state index in [0.717, 1.165) is 23.8 Å². The molecule has 0 radical (unpaired) electrons. The minimum Gasteiger partial charge on any atom is -0.493 e. The number of nitrogens with zero attached hydrogens (tertiary/aromatic N) is 1. The summed E-state index contributed by atoms with van der Waals surface area (Å²) in [7, 11) is 3.34. The van der Waals surface area contributed by atoms with Crippen LogP contribution in [0.15, 0.2) is 77.8 Å². The number of ether oxygens (including phenoxy) is 2. The number of halogens is 1. The van der Waals surface area contributed by atoms with E-state index in [0.29, 0.717) is 6.54 Å². The molecule has 1 atom stereocenters. The lowest BCUT2D eigenvalue weighted by Crippen LogP contribution is -2.36. The molecule has 4 rings (SSSR count). The van der Waals surface area contributed by atoms with E-state index in [4.69, 9.17) is 14.5 Å². The highest BCUT2D eigenvalue weighted by Crippen LogP contribution is 2.37. The summed E-state index contributed by atoms with van der Waals surface area (Å²) in [5.74, 6) is 2.48. The number of rotatable bonds is 5. The van der Waals surface area contributed by atoms with Crippen LogP contribution in [0.5, 0.6) is 11.5 Å². The summed E-state index contributed by atoms with van der Waals surface area (Å²) in [6.45, 7) is 0.660. The van der Waals surface area contributed by atoms with Gasteiger partial charge in [-0.15, -0.1) is 12.4 Å². The maximum Gasteiger partial charge on any atom is 0.161 e. The molecule has 29 heavy (non-hydrogen) atoms. The molecule has 1 aliphatic heterocycles. The van der Waals surface area contributed by atoms with E-state index in [1.54, 1.807) is 14.2 Å². The highest BCUT2D eigenvalue weighted by molar-refractivity contribution is 5.88. The third-order valence-electron chi connectivity index (χ3n) is 5.05. The standard InChI is InChI=1S/C24H24N2O2.ClH/c1-27-21-13-19-14-23(25-16-17-9-5-3-6-10-17)26-24(18-11-7-4-8-12-18)20(19)15-22(21)28-2;/h3-13,15,24H,14,16H2,1-2H3,(H,25,26);1H. The van der Waals surface area contributed by atoms with Gasteiger partial charge in [0.05, 0.1) is 26.8 Å². The molecule has 1 N–H and O–H groups in total. The van der Waals surface area contributed by atoms with Crippen LogP contribution in [0.3, 0.4) is 0 Å². The van der Waals surface area contributed by atoms with E-state index in [1.165, 1.54) is 22.3 Å². The Morgan fingerprint density at radius 2 is 1.52 bits per heavy atom. The van der Waals surface area contributed by atoms with Gasteiger partial charge in [0.15, 0.2) is 11.5 Å². The predicted molar refractivity (Wildman–Crippen MR) is 119 cm³/mol. The van der Waals surface area contributed by atoms with Crippen molar-refractivity contribution in [2.45, 2.75) is 19.0 Å². The van der Waals surface area contributed by atoms with Gasteiger partial charge in [0.25, 0.3) is 0 Å². The van der Waals surface area contributed by atoms with Gasteiger partial charge in [-0.3, -0.25) is 4.99 Å². The lowest BCUT2D eigenvalue weighted by Gasteiger charge is -2.30. The Morgan fingerprint density at radius 1 is 0.897 bits per heavy atom. The van der Waals surface area contributed by atoms with Crippen LogP contribution in [0.25, 0.3) is 0 Å². The van der Waals surface area contributed by atoms with Crippen LogP contribution >= 0.6 is 12.4 Å². The van der Waals surface area contributed by atoms with Crippen LogP contribution in [-0.4, -0.2) is 20.1 Å². The molecule has 0 fully saturated rings. The van der Waals surface area contributed by atoms with Crippen molar-refractivity contribution in [3.8, 4) is 11.5 Å². The zero-order valence-electron chi connectivity index (χ0n) is 16.6. The first-order valence-electron chi connectivity index (χ1n) is 9.42. The Labute approximate surface area is 178 Å². The maximum absolute atomic E-state index is 5.54. The fourth-order valence-corrected chi connectivity index (χ4v) is 3.61. The number of methoxy groups -OCH3 is 2. The van der Waals surface area contributed by atoms with E-state index >= 15 is 0 Å². The number of amidine groups is 1. The zero-order chi connectivity index (χ0) is 19.3. The first-order valence-corrected chi connectivity index (χ1v) is 9.42. The lowest BCUT2D eigenvalue weighted by atomic mass is 9.89. The SMILES string of the molecule is COc1cc2c(cc1OC)C(c1ccccc1)NC(=NCc1ccccc1)C2.Cl. The number of nitrogens with one attached hydrogen (secondary N) is 1. The summed E-state index contributed by atoms with van der Waals surface area (Å²) in [6.07, 6.45) is 0.742. The molecule has 0 aliphatic carbocycles. The smallest absolute Gasteiger partial charge is 0.161 e. The summed E-state index contributed by atoms with van der Waals surface area (Å²) in [4.78, 5) is 4.86. The van der Waals surface area contributed by atoms with Crippen LogP contribution in [0.2, 0.25) is 0 Å². The molecule has 0 spiro atoms. The van der Waals surface area contributed by atoms with Gasteiger partial charge < -0.3 is 14.8 Å². The molecule has 1 heterocycles. The number of benzene rings is 3. The second-order valence-electron chi connectivity index (χ2n) is 6.82. The Hall–Kier alpha value is -2.98. The van der Waals surface area contributed by atoms with Gasteiger partial charge in [-0.05, 0) is 34.4 Å². The summed E-state index contributed by atoms with van der Waals surface area (Å²) in [5, 5.41) is 3.64. The summed E-state index contributed by atoms with van der Waals surface area (Å²) in [6, 6.07) is 24.9. The van der Waals surface area contributed by atoms with Crippen LogP contribution in [-0.2, 0) is 13.0 Å². The van der Waals surface area contributed by atoms with Gasteiger partial charge in [0.2, 0.25) is 0 Å². The van der Waals surface area contributed by atoms with Crippen molar-refractivity contribution in [3.63, 3.8) is 0 Å². The van der Waals surface area contributed by atoms with Crippen molar-refractivity contribution in [2.75, 3.05) is 14.2 Å². The molecule has 4 nitrogen and oxygen atoms in total. The highest BCUT2D eigenvalue weighted by atomic mass is 35.5. The van der Waals surface area contributed by atoms with Crippen molar-refractivity contribution in [3.05, 3.63) is 95.1 Å². The van der Waals surface area contributed by atoms with E-state index in [9.17, 15) is 0 Å². The first-order chi connectivity index (χ1) is 13.8. The van der Waals surface area contributed by atoms with Gasteiger partial charge in [-0.1, -0.05) is 60.7 Å². The monoisotopic (exact) mass is 408 g/mol. The average Bonchev–Trinajstić information content (AvgIpc) is 2.77. The Kier molecular flexibility index (Phi) is 6.78. The second kappa shape index (κ2) is 9.48. The molecule has 1 unspecified atom stereocenters. The summed E-state index contributed by atoms with van der Waals surface area (Å²) < 4.78 is 11.1. The lowest BCUT2D eigenvalue weighted by molar-refractivity contribution is 0.353. The number of aliphatic imine (C=N–C) groups is 1. The molecule has 3 aromatic carbocycles. The Bertz CT molecular complexity index is 975. The van der Waals surface area contributed by atoms with Gasteiger partial charge >= 0.3 is 0 Å². The molecular formula is C24H25ClN2O2. The van der Waals surface area contributed by atoms with Crippen LogP contribution in [0.4, 0.5) is 0 Å². The van der Waals surface area contributed by atoms with Crippen molar-refractivity contribution < 1.29 is 9.47 Å². The predicted octanol–water partition coefficient (Wildman–Crippen LogP) is 4.96. The molecule has 0 amide bonds. The molecule has 0 aromatic heterocycles. The van der Waals surface area contributed by atoms with Crippen molar-refractivity contribution in [1.29, 1.82) is 0 Å². The van der Waals surface area contributed by atoms with Crippen molar-refractivity contribution in [1.82, 2.24) is 5.32 Å². The number of hydrogen-bond acceptors (Lipinski definition) is 3. The van der Waals surface area contributed by atoms with Gasteiger partial charge in [-0.25, -0.2) is 0 Å². The van der Waals surface area contributed by atoms with E-state index < -0.39 is 0 Å². The molecule has 0 saturated heterocycles. The Morgan fingerprint density at radius 3 is 2.17 bits per heavy atom. The van der Waals surface area contributed by atoms with Crippen molar-refractivity contribution >= 4 is 18.2 Å². The summed E-state index contributed by atoms with van der Waals surface area (Å²) in [5.41, 5.74) is 4.80. The molecule has 1 aliphatic rings. The normalized spacial score (nSPS) is 16.3. The van der Waals surface area contributed by atoms with Gasteiger partial charge in [0, 0.05) is 6.42 Å². The van der Waals surface area contributed by atoms with Crippen LogP contribution in [0, 0.1) is 0 Å².